The third-order valence-corrected chi connectivity index (χ3v) is 1.36. The first-order chi connectivity index (χ1) is 5.63. The maximum atomic E-state index is 5.37. The molecule has 0 aliphatic carbocycles. The van der Waals surface area contributed by atoms with Crippen molar-refractivity contribution in [3.63, 3.8) is 0 Å². The summed E-state index contributed by atoms with van der Waals surface area (Å²) in [4.78, 5) is 4.08. The van der Waals surface area contributed by atoms with E-state index in [-0.39, 0.29) is 0 Å². The molecule has 0 rings (SSSR count). The largest absolute Gasteiger partial charge is 0.388 e. The minimum absolute atomic E-state index is 0.338. The fraction of sp³-hybridized carbons (Fsp3) is 0.889. The summed E-state index contributed by atoms with van der Waals surface area (Å²) in [7, 11) is 0. The Morgan fingerprint density at radius 3 is 2.58 bits per heavy atom. The lowest BCUT2D eigenvalue weighted by molar-refractivity contribution is 0.0764. The minimum atomic E-state index is 0.338. The summed E-state index contributed by atoms with van der Waals surface area (Å²) in [5.41, 5.74) is 5.37. The zero-order valence-electron chi connectivity index (χ0n) is 8.34. The highest BCUT2D eigenvalue weighted by molar-refractivity contribution is 5.77. The number of unbranched alkanes of at least 4 members (excludes halogenated alkanes) is 1. The molecule has 0 amide bonds. The Morgan fingerprint density at radius 2 is 2.08 bits per heavy atom. The van der Waals surface area contributed by atoms with E-state index in [4.69, 9.17) is 10.5 Å². The molecule has 3 nitrogen and oxygen atoms in total. The Balaban J connectivity index is 3.06. The van der Waals surface area contributed by atoms with Gasteiger partial charge < -0.3 is 10.5 Å². The van der Waals surface area contributed by atoms with Gasteiger partial charge in [0, 0.05) is 13.2 Å². The molecule has 0 saturated heterocycles. The van der Waals surface area contributed by atoms with Crippen LogP contribution in [0.15, 0.2) is 4.99 Å². The van der Waals surface area contributed by atoms with Gasteiger partial charge in [-0.15, -0.1) is 0 Å². The van der Waals surface area contributed by atoms with E-state index in [1.165, 1.54) is 0 Å². The summed E-state index contributed by atoms with van der Waals surface area (Å²) in [6, 6.07) is 0. The Kier molecular flexibility index (Phi) is 6.76. The summed E-state index contributed by atoms with van der Waals surface area (Å²) in [5, 5.41) is 0. The molecule has 0 unspecified atom stereocenters. The molecule has 0 heterocycles. The van der Waals surface area contributed by atoms with Gasteiger partial charge >= 0.3 is 0 Å². The smallest absolute Gasteiger partial charge is 0.0905 e. The molecule has 0 radical (unpaired) electrons. The van der Waals surface area contributed by atoms with Crippen LogP contribution < -0.4 is 5.73 Å². The lowest BCUT2D eigenvalue weighted by atomic mass is 10.3. The van der Waals surface area contributed by atoms with Crippen molar-refractivity contribution in [2.24, 2.45) is 10.7 Å². The van der Waals surface area contributed by atoms with Crippen LogP contribution in [0.2, 0.25) is 0 Å². The molecule has 0 bridgehead atoms. The SMILES string of the molecule is CC(N)=NCCCCOC(C)C. The van der Waals surface area contributed by atoms with Crippen molar-refractivity contribution in [1.82, 2.24) is 0 Å². The topological polar surface area (TPSA) is 47.6 Å². The molecular weight excluding hydrogens is 152 g/mol. The van der Waals surface area contributed by atoms with Gasteiger partial charge in [-0.25, -0.2) is 0 Å². The maximum Gasteiger partial charge on any atom is 0.0905 e. The van der Waals surface area contributed by atoms with Crippen molar-refractivity contribution in [1.29, 1.82) is 0 Å². The van der Waals surface area contributed by atoms with Gasteiger partial charge in [0.05, 0.1) is 11.9 Å². The van der Waals surface area contributed by atoms with Crippen molar-refractivity contribution >= 4 is 5.84 Å². The Bertz CT molecular complexity index is 128. The third kappa shape index (κ3) is 9.43. The van der Waals surface area contributed by atoms with Gasteiger partial charge in [0.1, 0.15) is 0 Å². The van der Waals surface area contributed by atoms with E-state index in [2.05, 4.69) is 4.99 Å². The molecule has 0 aromatic rings. The molecule has 12 heavy (non-hydrogen) atoms. The monoisotopic (exact) mass is 172 g/mol. The second-order valence-electron chi connectivity index (χ2n) is 3.15. The fourth-order valence-electron chi connectivity index (χ4n) is 0.788. The van der Waals surface area contributed by atoms with Crippen LogP contribution in [0.4, 0.5) is 0 Å². The van der Waals surface area contributed by atoms with Crippen molar-refractivity contribution < 1.29 is 4.74 Å². The number of hydrogen-bond donors (Lipinski definition) is 1. The van der Waals surface area contributed by atoms with Crippen molar-refractivity contribution in [2.75, 3.05) is 13.2 Å². The molecular formula is C9H20N2O. The number of ether oxygens (including phenoxy) is 1. The van der Waals surface area contributed by atoms with Crippen molar-refractivity contribution in [3.05, 3.63) is 0 Å². The molecule has 3 heteroatoms. The van der Waals surface area contributed by atoms with Gasteiger partial charge in [-0.2, -0.15) is 0 Å². The molecule has 0 aromatic heterocycles. The van der Waals surface area contributed by atoms with Gasteiger partial charge in [-0.3, -0.25) is 4.99 Å². The third-order valence-electron chi connectivity index (χ3n) is 1.36. The molecule has 0 fully saturated rings. The van der Waals surface area contributed by atoms with Gasteiger partial charge in [0.2, 0.25) is 0 Å². The number of hydrogen-bond acceptors (Lipinski definition) is 2. The molecule has 0 saturated carbocycles. The highest BCUT2D eigenvalue weighted by Gasteiger charge is 1.92. The normalized spacial score (nSPS) is 12.5. The van der Waals surface area contributed by atoms with Crippen LogP contribution in [0.3, 0.4) is 0 Å². The van der Waals surface area contributed by atoms with E-state index in [0.29, 0.717) is 11.9 Å². The van der Waals surface area contributed by atoms with E-state index in [1.807, 2.05) is 20.8 Å². The summed E-state index contributed by atoms with van der Waals surface area (Å²) >= 11 is 0. The molecule has 0 atom stereocenters. The highest BCUT2D eigenvalue weighted by atomic mass is 16.5. The van der Waals surface area contributed by atoms with Gasteiger partial charge in [-0.1, -0.05) is 0 Å². The fourth-order valence-corrected chi connectivity index (χ4v) is 0.788. The minimum Gasteiger partial charge on any atom is -0.388 e. The zero-order chi connectivity index (χ0) is 9.40. The van der Waals surface area contributed by atoms with Crippen LogP contribution in [-0.4, -0.2) is 25.1 Å². The second-order valence-corrected chi connectivity index (χ2v) is 3.15. The first-order valence-electron chi connectivity index (χ1n) is 4.51. The lowest BCUT2D eigenvalue weighted by Gasteiger charge is -2.05. The van der Waals surface area contributed by atoms with Gasteiger partial charge in [0.25, 0.3) is 0 Å². The van der Waals surface area contributed by atoms with Crippen LogP contribution >= 0.6 is 0 Å². The van der Waals surface area contributed by atoms with Crippen LogP contribution in [0, 0.1) is 0 Å². The van der Waals surface area contributed by atoms with Gasteiger partial charge in [0.15, 0.2) is 0 Å². The molecule has 0 aliphatic rings. The first kappa shape index (κ1) is 11.4. The number of nitrogens with two attached hydrogens (primary N) is 1. The number of rotatable bonds is 6. The van der Waals surface area contributed by atoms with Crippen LogP contribution in [0.5, 0.6) is 0 Å². The molecule has 72 valence electrons. The maximum absolute atomic E-state index is 5.37. The number of amidine groups is 1. The molecule has 0 aromatic carbocycles. The molecule has 2 N–H and O–H groups in total. The van der Waals surface area contributed by atoms with E-state index in [9.17, 15) is 0 Å². The van der Waals surface area contributed by atoms with Crippen LogP contribution in [-0.2, 0) is 4.74 Å². The quantitative estimate of drug-likeness (QED) is 0.375. The standard InChI is InChI=1S/C9H20N2O/c1-8(2)12-7-5-4-6-11-9(3)10/h8H,4-7H2,1-3H3,(H2,10,11). The van der Waals surface area contributed by atoms with E-state index in [0.717, 1.165) is 26.0 Å². The molecule has 0 spiro atoms. The average Bonchev–Trinajstić information content (AvgIpc) is 1.95. The summed E-state index contributed by atoms with van der Waals surface area (Å²) < 4.78 is 5.37. The second kappa shape index (κ2) is 7.10. The summed E-state index contributed by atoms with van der Waals surface area (Å²) in [6.45, 7) is 7.55. The van der Waals surface area contributed by atoms with Crippen molar-refractivity contribution in [2.45, 2.75) is 39.7 Å². The van der Waals surface area contributed by atoms with Crippen LogP contribution in [0.1, 0.15) is 33.6 Å². The Labute approximate surface area is 75.0 Å². The lowest BCUT2D eigenvalue weighted by Crippen LogP contribution is -2.07. The average molecular weight is 172 g/mol. The predicted octanol–water partition coefficient (Wildman–Crippen LogP) is 1.57. The van der Waals surface area contributed by atoms with Gasteiger partial charge in [-0.05, 0) is 33.6 Å². The Hall–Kier alpha value is -0.570. The van der Waals surface area contributed by atoms with E-state index >= 15 is 0 Å². The Morgan fingerprint density at radius 1 is 1.42 bits per heavy atom. The predicted molar refractivity (Wildman–Crippen MR) is 52.5 cm³/mol. The van der Waals surface area contributed by atoms with E-state index in [1.54, 1.807) is 0 Å². The van der Waals surface area contributed by atoms with Crippen LogP contribution in [0.25, 0.3) is 0 Å². The zero-order valence-corrected chi connectivity index (χ0v) is 8.34. The summed E-state index contributed by atoms with van der Waals surface area (Å²) in [6.07, 6.45) is 2.46. The molecule has 0 aliphatic heterocycles. The highest BCUT2D eigenvalue weighted by Crippen LogP contribution is 1.94. The first-order valence-corrected chi connectivity index (χ1v) is 4.51. The number of aliphatic imine (C=N–C) groups is 1. The summed E-state index contributed by atoms with van der Waals surface area (Å²) in [5.74, 6) is 0.666. The van der Waals surface area contributed by atoms with E-state index < -0.39 is 0 Å². The number of nitrogens with zero attached hydrogens (tertiary/aromatic N) is 1. The van der Waals surface area contributed by atoms with Crippen molar-refractivity contribution in [3.8, 4) is 0 Å².